The normalized spacial score (nSPS) is 10.4. The summed E-state index contributed by atoms with van der Waals surface area (Å²) >= 11 is 1.33. The van der Waals surface area contributed by atoms with Gasteiger partial charge in [-0.2, -0.15) is 0 Å². The van der Waals surface area contributed by atoms with Crippen molar-refractivity contribution < 1.29 is 9.13 Å². The molecular weight excluding hydrogens is 265 g/mol. The summed E-state index contributed by atoms with van der Waals surface area (Å²) in [4.78, 5) is 8.81. The van der Waals surface area contributed by atoms with Crippen LogP contribution in [0.2, 0.25) is 0 Å². The van der Waals surface area contributed by atoms with E-state index in [9.17, 15) is 4.39 Å². The van der Waals surface area contributed by atoms with Crippen LogP contribution in [0.4, 0.5) is 10.1 Å². The Kier molecular flexibility index (Phi) is 4.57. The molecule has 1 aromatic carbocycles. The summed E-state index contributed by atoms with van der Waals surface area (Å²) in [5, 5.41) is 0.697. The summed E-state index contributed by atoms with van der Waals surface area (Å²) in [5.74, 6) is -0.239. The monoisotopic (exact) mass is 279 g/mol. The van der Waals surface area contributed by atoms with Crippen molar-refractivity contribution in [1.82, 2.24) is 9.97 Å². The lowest BCUT2D eigenvalue weighted by molar-refractivity contribution is 0.300. The Bertz CT molecular complexity index is 551. The van der Waals surface area contributed by atoms with E-state index in [1.165, 1.54) is 17.8 Å². The van der Waals surface area contributed by atoms with Crippen LogP contribution >= 0.6 is 11.8 Å². The zero-order valence-electron chi connectivity index (χ0n) is 10.5. The molecule has 0 aliphatic heterocycles. The molecular formula is C13H14FN3OS. The predicted octanol–water partition coefficient (Wildman–Crippen LogP) is 3.14. The van der Waals surface area contributed by atoms with Crippen LogP contribution in [0, 0.1) is 5.82 Å². The van der Waals surface area contributed by atoms with Gasteiger partial charge in [0, 0.05) is 29.0 Å². The highest BCUT2D eigenvalue weighted by Gasteiger charge is 2.11. The maximum Gasteiger partial charge on any atom is 0.167 e. The molecule has 0 saturated heterocycles. The fraction of sp³-hybridized carbons (Fsp3) is 0.231. The average Bonchev–Trinajstić information content (AvgIpc) is 2.42. The van der Waals surface area contributed by atoms with Crippen LogP contribution in [0.1, 0.15) is 13.3 Å². The van der Waals surface area contributed by atoms with Crippen LogP contribution in [0.5, 0.6) is 5.75 Å². The largest absolute Gasteiger partial charge is 0.490 e. The quantitative estimate of drug-likeness (QED) is 0.852. The van der Waals surface area contributed by atoms with Crippen LogP contribution in [-0.4, -0.2) is 16.6 Å². The lowest BCUT2D eigenvalue weighted by Crippen LogP contribution is -1.99. The van der Waals surface area contributed by atoms with E-state index in [1.807, 2.05) is 6.92 Å². The van der Waals surface area contributed by atoms with E-state index in [-0.39, 0.29) is 5.75 Å². The Balaban J connectivity index is 2.24. The van der Waals surface area contributed by atoms with E-state index < -0.39 is 5.82 Å². The number of nitrogens with zero attached hydrogens (tertiary/aromatic N) is 2. The summed E-state index contributed by atoms with van der Waals surface area (Å²) in [6, 6.07) is 2.86. The van der Waals surface area contributed by atoms with Crippen LogP contribution in [0.3, 0.4) is 0 Å². The minimum atomic E-state index is -0.450. The van der Waals surface area contributed by atoms with Crippen molar-refractivity contribution in [3.05, 3.63) is 36.5 Å². The first-order chi connectivity index (χ1) is 9.20. The molecule has 0 aliphatic carbocycles. The van der Waals surface area contributed by atoms with E-state index in [4.69, 9.17) is 10.5 Å². The van der Waals surface area contributed by atoms with E-state index in [0.29, 0.717) is 22.2 Å². The first-order valence-electron chi connectivity index (χ1n) is 5.86. The zero-order valence-corrected chi connectivity index (χ0v) is 11.3. The molecule has 0 radical (unpaired) electrons. The summed E-state index contributed by atoms with van der Waals surface area (Å²) in [6.07, 6.45) is 5.63. The molecule has 2 aromatic rings. The number of benzene rings is 1. The van der Waals surface area contributed by atoms with Gasteiger partial charge in [0.1, 0.15) is 5.03 Å². The summed E-state index contributed by atoms with van der Waals surface area (Å²) in [7, 11) is 0. The molecule has 0 atom stereocenters. The first-order valence-corrected chi connectivity index (χ1v) is 6.68. The second kappa shape index (κ2) is 6.38. The molecule has 0 saturated carbocycles. The van der Waals surface area contributed by atoms with E-state index in [2.05, 4.69) is 9.97 Å². The van der Waals surface area contributed by atoms with Gasteiger partial charge in [0.15, 0.2) is 11.6 Å². The van der Waals surface area contributed by atoms with E-state index in [0.717, 1.165) is 6.42 Å². The predicted molar refractivity (Wildman–Crippen MR) is 72.8 cm³/mol. The van der Waals surface area contributed by atoms with E-state index >= 15 is 0 Å². The molecule has 0 spiro atoms. The molecule has 0 fully saturated rings. The fourth-order valence-electron chi connectivity index (χ4n) is 1.41. The number of hydrogen-bond acceptors (Lipinski definition) is 5. The zero-order chi connectivity index (χ0) is 13.7. The standard InChI is InChI=1S/C13H14FN3OS/c1-2-5-18-11-7-12(10(15)6-9(11)14)19-13-8-16-3-4-17-13/h3-4,6-8H,2,5,15H2,1H3. The van der Waals surface area contributed by atoms with Crippen LogP contribution in [0.25, 0.3) is 0 Å². The third-order valence-corrected chi connectivity index (χ3v) is 3.27. The molecule has 100 valence electrons. The molecule has 19 heavy (non-hydrogen) atoms. The molecule has 4 nitrogen and oxygen atoms in total. The molecule has 0 bridgehead atoms. The van der Waals surface area contributed by atoms with Crippen molar-refractivity contribution in [3.63, 3.8) is 0 Å². The molecule has 1 heterocycles. The molecule has 1 aromatic heterocycles. The van der Waals surface area contributed by atoms with Crippen molar-refractivity contribution >= 4 is 17.4 Å². The number of nitrogen functional groups attached to an aromatic ring is 1. The molecule has 0 unspecified atom stereocenters. The molecule has 2 N–H and O–H groups in total. The number of aromatic nitrogens is 2. The molecule has 2 rings (SSSR count). The number of nitrogens with two attached hydrogens (primary N) is 1. The highest BCUT2D eigenvalue weighted by molar-refractivity contribution is 7.99. The number of hydrogen-bond donors (Lipinski definition) is 1. The van der Waals surface area contributed by atoms with Gasteiger partial charge in [-0.3, -0.25) is 4.98 Å². The first kappa shape index (κ1) is 13.6. The topological polar surface area (TPSA) is 61.0 Å². The van der Waals surface area contributed by atoms with Gasteiger partial charge >= 0.3 is 0 Å². The summed E-state index contributed by atoms with van der Waals surface area (Å²) < 4.78 is 19.0. The van der Waals surface area contributed by atoms with Crippen LogP contribution < -0.4 is 10.5 Å². The maximum atomic E-state index is 13.7. The highest BCUT2D eigenvalue weighted by Crippen LogP contribution is 2.34. The van der Waals surface area contributed by atoms with Crippen molar-refractivity contribution in [1.29, 1.82) is 0 Å². The van der Waals surface area contributed by atoms with Gasteiger partial charge in [-0.05, 0) is 12.5 Å². The summed E-state index contributed by atoms with van der Waals surface area (Å²) in [6.45, 7) is 2.43. The van der Waals surface area contributed by atoms with Gasteiger partial charge in [-0.1, -0.05) is 18.7 Å². The van der Waals surface area contributed by atoms with Crippen LogP contribution in [0.15, 0.2) is 40.6 Å². The Morgan fingerprint density at radius 1 is 1.37 bits per heavy atom. The minimum absolute atomic E-state index is 0.211. The third-order valence-electron chi connectivity index (χ3n) is 2.28. The highest BCUT2D eigenvalue weighted by atomic mass is 32.2. The van der Waals surface area contributed by atoms with Gasteiger partial charge in [0.25, 0.3) is 0 Å². The third kappa shape index (κ3) is 3.57. The number of rotatable bonds is 5. The SMILES string of the molecule is CCCOc1cc(Sc2cnccn2)c(N)cc1F. The smallest absolute Gasteiger partial charge is 0.167 e. The maximum absolute atomic E-state index is 13.7. The number of ether oxygens (including phenoxy) is 1. The van der Waals surface area contributed by atoms with Crippen molar-refractivity contribution in [3.8, 4) is 5.75 Å². The lowest BCUT2D eigenvalue weighted by Gasteiger charge is -2.10. The number of anilines is 1. The van der Waals surface area contributed by atoms with E-state index in [1.54, 1.807) is 24.7 Å². The Hall–Kier alpha value is -1.82. The second-order valence-electron chi connectivity index (χ2n) is 3.81. The molecule has 6 heteroatoms. The van der Waals surface area contributed by atoms with Gasteiger partial charge in [-0.15, -0.1) is 0 Å². The molecule has 0 aliphatic rings. The lowest BCUT2D eigenvalue weighted by atomic mass is 10.3. The van der Waals surface area contributed by atoms with Crippen LogP contribution in [-0.2, 0) is 0 Å². The Labute approximate surface area is 115 Å². The fourth-order valence-corrected chi connectivity index (χ4v) is 2.21. The average molecular weight is 279 g/mol. The van der Waals surface area contributed by atoms with Gasteiger partial charge in [-0.25, -0.2) is 9.37 Å². The van der Waals surface area contributed by atoms with Crippen molar-refractivity contribution in [2.75, 3.05) is 12.3 Å². The Morgan fingerprint density at radius 2 is 2.21 bits per heavy atom. The summed E-state index contributed by atoms with van der Waals surface area (Å²) in [5.41, 5.74) is 6.16. The van der Waals surface area contributed by atoms with Gasteiger partial charge < -0.3 is 10.5 Å². The van der Waals surface area contributed by atoms with Gasteiger partial charge in [0.05, 0.1) is 12.8 Å². The van der Waals surface area contributed by atoms with Crippen molar-refractivity contribution in [2.24, 2.45) is 0 Å². The molecule has 0 amide bonds. The minimum Gasteiger partial charge on any atom is -0.490 e. The number of halogens is 1. The second-order valence-corrected chi connectivity index (χ2v) is 4.88. The Morgan fingerprint density at radius 3 is 2.89 bits per heavy atom. The van der Waals surface area contributed by atoms with Gasteiger partial charge in [0.2, 0.25) is 0 Å². The van der Waals surface area contributed by atoms with Crippen molar-refractivity contribution in [2.45, 2.75) is 23.3 Å².